The molecule has 27 heavy (non-hydrogen) atoms. The number of amides is 1. The first-order valence-corrected chi connectivity index (χ1v) is 11.8. The second kappa shape index (κ2) is 7.54. The molecule has 4 rings (SSSR count). The predicted octanol–water partition coefficient (Wildman–Crippen LogP) is 3.77. The number of thiophene rings is 1. The highest BCUT2D eigenvalue weighted by molar-refractivity contribution is 7.89. The number of fused-ring (bicyclic) bond motifs is 1. The number of halogens is 1. The Morgan fingerprint density at radius 1 is 1.07 bits per heavy atom. The van der Waals surface area contributed by atoms with Crippen LogP contribution in [0.4, 0.5) is 0 Å². The van der Waals surface area contributed by atoms with Crippen LogP contribution in [0.15, 0.2) is 34.5 Å². The lowest BCUT2D eigenvalue weighted by molar-refractivity contribution is 0.0735. The third-order valence-electron chi connectivity index (χ3n) is 5.21. The molecule has 0 spiro atoms. The Hall–Kier alpha value is -1.41. The van der Waals surface area contributed by atoms with Crippen molar-refractivity contribution in [2.24, 2.45) is 0 Å². The zero-order valence-electron chi connectivity index (χ0n) is 14.9. The first kappa shape index (κ1) is 18.9. The summed E-state index contributed by atoms with van der Waals surface area (Å²) in [5, 5.41) is 2.21. The number of hydrogen-bond acceptors (Lipinski definition) is 4. The molecule has 2 aliphatic rings. The van der Waals surface area contributed by atoms with Gasteiger partial charge in [0.25, 0.3) is 5.91 Å². The van der Waals surface area contributed by atoms with Gasteiger partial charge in [-0.2, -0.15) is 4.31 Å². The topological polar surface area (TPSA) is 57.7 Å². The van der Waals surface area contributed by atoms with E-state index in [0.29, 0.717) is 31.7 Å². The predicted molar refractivity (Wildman–Crippen MR) is 107 cm³/mol. The highest BCUT2D eigenvalue weighted by atomic mass is 35.5. The average Bonchev–Trinajstić information content (AvgIpc) is 3.16. The van der Waals surface area contributed by atoms with E-state index in [1.165, 1.54) is 26.9 Å². The number of benzene rings is 1. The molecule has 1 amide bonds. The van der Waals surface area contributed by atoms with Gasteiger partial charge in [-0.1, -0.05) is 18.0 Å². The summed E-state index contributed by atoms with van der Waals surface area (Å²) in [4.78, 5) is 16.1. The van der Waals surface area contributed by atoms with Gasteiger partial charge in [-0.15, -0.1) is 11.3 Å². The molecule has 2 aliphatic heterocycles. The van der Waals surface area contributed by atoms with E-state index in [-0.39, 0.29) is 15.8 Å². The molecule has 0 bridgehead atoms. The molecule has 0 atom stereocenters. The first-order valence-electron chi connectivity index (χ1n) is 9.11. The van der Waals surface area contributed by atoms with Crippen LogP contribution in [-0.4, -0.2) is 43.2 Å². The monoisotopic (exact) mass is 424 g/mol. The van der Waals surface area contributed by atoms with E-state index < -0.39 is 10.0 Å². The van der Waals surface area contributed by atoms with Crippen molar-refractivity contribution >= 4 is 38.9 Å². The zero-order chi connectivity index (χ0) is 19.0. The van der Waals surface area contributed by atoms with E-state index in [9.17, 15) is 13.2 Å². The molecule has 8 heteroatoms. The number of carbonyl (C=O) groups is 1. The lowest BCUT2D eigenvalue weighted by Gasteiger charge is -2.28. The van der Waals surface area contributed by atoms with E-state index in [0.717, 1.165) is 25.7 Å². The van der Waals surface area contributed by atoms with Crippen molar-refractivity contribution < 1.29 is 13.2 Å². The SMILES string of the molecule is O=C(c1ccc(Cl)c(S(=O)(=O)N2CCCCC2)c1)N1CCc2sccc2C1. The van der Waals surface area contributed by atoms with E-state index >= 15 is 0 Å². The van der Waals surface area contributed by atoms with Gasteiger partial charge in [0.05, 0.1) is 5.02 Å². The highest BCUT2D eigenvalue weighted by Crippen LogP contribution is 2.30. The molecule has 1 saturated heterocycles. The Bertz CT molecular complexity index is 965. The third-order valence-corrected chi connectivity index (χ3v) is 8.61. The van der Waals surface area contributed by atoms with Crippen LogP contribution in [-0.2, 0) is 23.0 Å². The standard InChI is InChI=1S/C19H21ClN2O3S2/c20-16-5-4-14(12-18(16)27(24,25)22-8-2-1-3-9-22)19(23)21-10-6-17-15(13-21)7-11-26-17/h4-5,7,11-12H,1-3,6,8-10,13H2. The van der Waals surface area contributed by atoms with Gasteiger partial charge in [0.15, 0.2) is 0 Å². The lowest BCUT2D eigenvalue weighted by Crippen LogP contribution is -2.37. The van der Waals surface area contributed by atoms with Gasteiger partial charge in [-0.3, -0.25) is 4.79 Å². The maximum absolute atomic E-state index is 13.0. The van der Waals surface area contributed by atoms with Crippen molar-refractivity contribution in [2.45, 2.75) is 37.1 Å². The first-order chi connectivity index (χ1) is 13.0. The van der Waals surface area contributed by atoms with Crippen LogP contribution in [0.5, 0.6) is 0 Å². The molecule has 0 saturated carbocycles. The number of piperidine rings is 1. The molecule has 0 unspecified atom stereocenters. The summed E-state index contributed by atoms with van der Waals surface area (Å²) in [5.41, 5.74) is 1.54. The van der Waals surface area contributed by atoms with Crippen LogP contribution in [0.25, 0.3) is 0 Å². The van der Waals surface area contributed by atoms with Crippen LogP contribution in [0.1, 0.15) is 40.1 Å². The summed E-state index contributed by atoms with van der Waals surface area (Å²) >= 11 is 7.93. The molecule has 5 nitrogen and oxygen atoms in total. The summed E-state index contributed by atoms with van der Waals surface area (Å²) in [5.74, 6) is -0.154. The molecule has 3 heterocycles. The Labute approximate surface area is 168 Å². The van der Waals surface area contributed by atoms with Crippen LogP contribution < -0.4 is 0 Å². The zero-order valence-corrected chi connectivity index (χ0v) is 17.2. The molecule has 0 radical (unpaired) electrons. The summed E-state index contributed by atoms with van der Waals surface area (Å²) < 4.78 is 27.5. The molecule has 144 valence electrons. The van der Waals surface area contributed by atoms with E-state index in [2.05, 4.69) is 0 Å². The number of hydrogen-bond donors (Lipinski definition) is 0. The van der Waals surface area contributed by atoms with Gasteiger partial charge in [-0.05, 0) is 54.5 Å². The van der Waals surface area contributed by atoms with Crippen molar-refractivity contribution in [3.05, 3.63) is 50.7 Å². The van der Waals surface area contributed by atoms with Crippen molar-refractivity contribution in [3.8, 4) is 0 Å². The summed E-state index contributed by atoms with van der Waals surface area (Å²) in [6.07, 6.45) is 3.58. The van der Waals surface area contributed by atoms with Crippen molar-refractivity contribution in [3.63, 3.8) is 0 Å². The maximum Gasteiger partial charge on any atom is 0.254 e. The maximum atomic E-state index is 13.0. The fourth-order valence-corrected chi connectivity index (χ4v) is 6.59. The molecule has 2 aromatic rings. The minimum absolute atomic E-state index is 0.0325. The van der Waals surface area contributed by atoms with Gasteiger partial charge in [0.2, 0.25) is 10.0 Å². The van der Waals surface area contributed by atoms with Gasteiger partial charge < -0.3 is 4.90 Å². The smallest absolute Gasteiger partial charge is 0.254 e. The number of sulfonamides is 1. The fraction of sp³-hybridized carbons (Fsp3) is 0.421. The van der Waals surface area contributed by atoms with Gasteiger partial charge in [0, 0.05) is 36.6 Å². The van der Waals surface area contributed by atoms with Crippen molar-refractivity contribution in [2.75, 3.05) is 19.6 Å². The van der Waals surface area contributed by atoms with Crippen LogP contribution in [0.3, 0.4) is 0 Å². The number of carbonyl (C=O) groups excluding carboxylic acids is 1. The third kappa shape index (κ3) is 3.66. The normalized spacial score (nSPS) is 18.3. The van der Waals surface area contributed by atoms with Gasteiger partial charge in [0.1, 0.15) is 4.90 Å². The van der Waals surface area contributed by atoms with Crippen LogP contribution in [0, 0.1) is 0 Å². The van der Waals surface area contributed by atoms with Gasteiger partial charge >= 0.3 is 0 Å². The average molecular weight is 425 g/mol. The molecule has 1 aromatic carbocycles. The number of nitrogens with zero attached hydrogens (tertiary/aromatic N) is 2. The number of rotatable bonds is 3. The molecule has 0 N–H and O–H groups in total. The minimum Gasteiger partial charge on any atom is -0.334 e. The fourth-order valence-electron chi connectivity index (χ4n) is 3.68. The minimum atomic E-state index is -3.69. The van der Waals surface area contributed by atoms with E-state index in [1.54, 1.807) is 22.3 Å². The van der Waals surface area contributed by atoms with Crippen molar-refractivity contribution in [1.82, 2.24) is 9.21 Å². The molecule has 1 aromatic heterocycles. The summed E-state index contributed by atoms with van der Waals surface area (Å²) in [7, 11) is -3.69. The van der Waals surface area contributed by atoms with Crippen LogP contribution >= 0.6 is 22.9 Å². The largest absolute Gasteiger partial charge is 0.334 e. The van der Waals surface area contributed by atoms with Gasteiger partial charge in [-0.25, -0.2) is 8.42 Å². The molecular weight excluding hydrogens is 404 g/mol. The summed E-state index contributed by atoms with van der Waals surface area (Å²) in [6, 6.07) is 6.62. The molecular formula is C19H21ClN2O3S2. The highest BCUT2D eigenvalue weighted by Gasteiger charge is 2.30. The second-order valence-electron chi connectivity index (χ2n) is 6.96. The second-order valence-corrected chi connectivity index (χ2v) is 10.3. The van der Waals surface area contributed by atoms with Crippen molar-refractivity contribution in [1.29, 1.82) is 0 Å². The van der Waals surface area contributed by atoms with E-state index in [1.807, 2.05) is 11.4 Å². The molecule has 0 aliphatic carbocycles. The summed E-state index contributed by atoms with van der Waals surface area (Å²) in [6.45, 7) is 2.21. The Morgan fingerprint density at radius 3 is 2.63 bits per heavy atom. The van der Waals surface area contributed by atoms with Crippen LogP contribution in [0.2, 0.25) is 5.02 Å². The molecule has 1 fully saturated rings. The van der Waals surface area contributed by atoms with E-state index in [4.69, 9.17) is 11.6 Å². The Balaban J connectivity index is 1.61. The quantitative estimate of drug-likeness (QED) is 0.753. The Kier molecular flexibility index (Phi) is 5.29. The lowest BCUT2D eigenvalue weighted by atomic mass is 10.1. The Morgan fingerprint density at radius 2 is 1.85 bits per heavy atom.